The quantitative estimate of drug-likeness (QED) is 0.557. The lowest BCUT2D eigenvalue weighted by Crippen LogP contribution is -1.91. The minimum Gasteiger partial charge on any atom is -0.501 e. The van der Waals surface area contributed by atoms with Crippen molar-refractivity contribution in [3.05, 3.63) is 29.3 Å². The van der Waals surface area contributed by atoms with E-state index in [9.17, 15) is 4.39 Å². The highest BCUT2D eigenvalue weighted by Gasteiger charge is 2.01. The summed E-state index contributed by atoms with van der Waals surface area (Å²) in [5.41, 5.74) is 0.119. The van der Waals surface area contributed by atoms with Crippen LogP contribution in [0.4, 0.5) is 4.39 Å². The van der Waals surface area contributed by atoms with Crippen LogP contribution in [0.2, 0.25) is 5.28 Å². The van der Waals surface area contributed by atoms with Gasteiger partial charge >= 0.3 is 0 Å². The van der Waals surface area contributed by atoms with Crippen LogP contribution in [-0.2, 0) is 4.74 Å². The molecule has 0 aliphatic rings. The van der Waals surface area contributed by atoms with E-state index in [4.69, 9.17) is 16.3 Å². The molecule has 0 saturated carbocycles. The number of nitrogens with zero attached hydrogens (tertiary/aromatic N) is 2. The predicted molar refractivity (Wildman–Crippen MR) is 47.7 cm³/mol. The average molecular weight is 203 g/mol. The summed E-state index contributed by atoms with van der Waals surface area (Å²) >= 11 is 5.47. The highest BCUT2D eigenvalue weighted by Crippen LogP contribution is 2.08. The second kappa shape index (κ2) is 4.77. The Kier molecular flexibility index (Phi) is 3.64. The number of halogens is 2. The van der Waals surface area contributed by atoms with Crippen molar-refractivity contribution in [1.29, 1.82) is 0 Å². The molecule has 1 aromatic heterocycles. The molecular formula is C8H8ClFN2O. The van der Waals surface area contributed by atoms with Gasteiger partial charge in [0.1, 0.15) is 5.69 Å². The molecule has 0 aromatic carbocycles. The van der Waals surface area contributed by atoms with Crippen LogP contribution < -0.4 is 0 Å². The Morgan fingerprint density at radius 2 is 2.46 bits per heavy atom. The molecule has 0 aliphatic heterocycles. The van der Waals surface area contributed by atoms with Gasteiger partial charge in [0.2, 0.25) is 5.28 Å². The Bertz CT molecular complexity index is 317. The lowest BCUT2D eigenvalue weighted by atomic mass is 10.4. The molecule has 0 saturated heterocycles. The molecule has 3 nitrogen and oxygen atoms in total. The molecule has 0 fully saturated rings. The SMILES string of the molecule is CCOC=Cc1nc(Cl)ncc1F. The molecule has 5 heteroatoms. The van der Waals surface area contributed by atoms with Gasteiger partial charge in [0.15, 0.2) is 5.82 Å². The van der Waals surface area contributed by atoms with Crippen molar-refractivity contribution >= 4 is 17.7 Å². The Morgan fingerprint density at radius 3 is 3.15 bits per heavy atom. The summed E-state index contributed by atoms with van der Waals surface area (Å²) in [6, 6.07) is 0. The molecule has 0 bridgehead atoms. The van der Waals surface area contributed by atoms with Crippen LogP contribution in [0.3, 0.4) is 0 Å². The molecule has 0 atom stereocenters. The van der Waals surface area contributed by atoms with E-state index in [-0.39, 0.29) is 11.0 Å². The summed E-state index contributed by atoms with van der Waals surface area (Å²) in [7, 11) is 0. The fraction of sp³-hybridized carbons (Fsp3) is 0.250. The van der Waals surface area contributed by atoms with Crippen molar-refractivity contribution in [3.8, 4) is 0 Å². The highest BCUT2D eigenvalue weighted by molar-refractivity contribution is 6.28. The van der Waals surface area contributed by atoms with Crippen LogP contribution in [0.1, 0.15) is 12.6 Å². The summed E-state index contributed by atoms with van der Waals surface area (Å²) in [6.45, 7) is 2.35. The van der Waals surface area contributed by atoms with E-state index in [1.54, 1.807) is 0 Å². The smallest absolute Gasteiger partial charge is 0.223 e. The van der Waals surface area contributed by atoms with E-state index in [0.717, 1.165) is 6.20 Å². The van der Waals surface area contributed by atoms with Gasteiger partial charge in [-0.15, -0.1) is 0 Å². The van der Waals surface area contributed by atoms with Gasteiger partial charge in [-0.3, -0.25) is 0 Å². The van der Waals surface area contributed by atoms with Crippen molar-refractivity contribution in [1.82, 2.24) is 9.97 Å². The van der Waals surface area contributed by atoms with Gasteiger partial charge in [-0.05, 0) is 18.5 Å². The fourth-order valence-electron chi connectivity index (χ4n) is 0.683. The maximum absolute atomic E-state index is 12.9. The van der Waals surface area contributed by atoms with Crippen LogP contribution in [0.5, 0.6) is 0 Å². The largest absolute Gasteiger partial charge is 0.501 e. The van der Waals surface area contributed by atoms with Gasteiger partial charge in [0.25, 0.3) is 0 Å². The van der Waals surface area contributed by atoms with Gasteiger partial charge in [-0.1, -0.05) is 0 Å². The Balaban J connectivity index is 2.81. The van der Waals surface area contributed by atoms with Crippen molar-refractivity contribution < 1.29 is 9.13 Å². The van der Waals surface area contributed by atoms with Gasteiger partial charge in [0.05, 0.1) is 19.1 Å². The molecule has 0 aliphatic carbocycles. The zero-order valence-corrected chi connectivity index (χ0v) is 7.75. The molecule has 1 rings (SSSR count). The van der Waals surface area contributed by atoms with E-state index in [1.807, 2.05) is 6.92 Å². The molecular weight excluding hydrogens is 195 g/mol. The monoisotopic (exact) mass is 202 g/mol. The molecule has 70 valence electrons. The van der Waals surface area contributed by atoms with E-state index < -0.39 is 5.82 Å². The third kappa shape index (κ3) is 2.99. The van der Waals surface area contributed by atoms with Crippen molar-refractivity contribution in [2.75, 3.05) is 6.61 Å². The maximum atomic E-state index is 12.9. The standard InChI is InChI=1S/C8H8ClFN2O/c1-2-13-4-3-7-6(10)5-11-8(9)12-7/h3-5H,2H2,1H3. The molecule has 0 radical (unpaired) electrons. The van der Waals surface area contributed by atoms with Crippen LogP contribution in [0.15, 0.2) is 12.5 Å². The Morgan fingerprint density at radius 1 is 1.69 bits per heavy atom. The normalized spacial score (nSPS) is 10.7. The predicted octanol–water partition coefficient (Wildman–Crippen LogP) is 2.28. The molecule has 0 N–H and O–H groups in total. The van der Waals surface area contributed by atoms with Gasteiger partial charge in [-0.2, -0.15) is 0 Å². The van der Waals surface area contributed by atoms with E-state index in [2.05, 4.69) is 9.97 Å². The zero-order valence-electron chi connectivity index (χ0n) is 7.00. The van der Waals surface area contributed by atoms with E-state index in [0.29, 0.717) is 6.61 Å². The van der Waals surface area contributed by atoms with Crippen molar-refractivity contribution in [2.24, 2.45) is 0 Å². The van der Waals surface area contributed by atoms with Crippen LogP contribution in [-0.4, -0.2) is 16.6 Å². The lowest BCUT2D eigenvalue weighted by Gasteiger charge is -1.96. The first-order chi connectivity index (χ1) is 6.24. The molecule has 0 amide bonds. The van der Waals surface area contributed by atoms with Crippen molar-refractivity contribution in [2.45, 2.75) is 6.92 Å². The number of hydrogen-bond donors (Lipinski definition) is 0. The van der Waals surface area contributed by atoms with Crippen LogP contribution >= 0.6 is 11.6 Å². The second-order valence-electron chi connectivity index (χ2n) is 2.13. The first-order valence-electron chi connectivity index (χ1n) is 3.70. The first kappa shape index (κ1) is 9.92. The Labute approximate surface area is 80.2 Å². The highest BCUT2D eigenvalue weighted by atomic mass is 35.5. The summed E-state index contributed by atoms with van der Waals surface area (Å²) in [5.74, 6) is -0.527. The number of rotatable bonds is 3. The zero-order chi connectivity index (χ0) is 9.68. The first-order valence-corrected chi connectivity index (χ1v) is 4.08. The number of ether oxygens (including phenoxy) is 1. The lowest BCUT2D eigenvalue weighted by molar-refractivity contribution is 0.272. The molecule has 1 aromatic rings. The maximum Gasteiger partial charge on any atom is 0.223 e. The van der Waals surface area contributed by atoms with E-state index in [1.165, 1.54) is 12.3 Å². The second-order valence-corrected chi connectivity index (χ2v) is 2.47. The molecule has 13 heavy (non-hydrogen) atoms. The summed E-state index contributed by atoms with van der Waals surface area (Å²) in [6.07, 6.45) is 3.77. The minimum absolute atomic E-state index is 0.0116. The summed E-state index contributed by atoms with van der Waals surface area (Å²) in [4.78, 5) is 7.13. The van der Waals surface area contributed by atoms with Crippen LogP contribution in [0.25, 0.3) is 6.08 Å². The molecule has 0 unspecified atom stereocenters. The van der Waals surface area contributed by atoms with Gasteiger partial charge < -0.3 is 4.74 Å². The minimum atomic E-state index is -0.527. The topological polar surface area (TPSA) is 35.0 Å². The fourth-order valence-corrected chi connectivity index (χ4v) is 0.823. The average Bonchev–Trinajstić information content (AvgIpc) is 2.11. The molecule has 0 spiro atoms. The number of hydrogen-bond acceptors (Lipinski definition) is 3. The third-order valence-corrected chi connectivity index (χ3v) is 1.41. The van der Waals surface area contributed by atoms with E-state index >= 15 is 0 Å². The molecule has 1 heterocycles. The summed E-state index contributed by atoms with van der Waals surface area (Å²) in [5, 5.41) is 0.0116. The Hall–Kier alpha value is -1.16. The number of aromatic nitrogens is 2. The van der Waals surface area contributed by atoms with Crippen LogP contribution in [0, 0.1) is 5.82 Å². The van der Waals surface area contributed by atoms with Gasteiger partial charge in [0, 0.05) is 6.08 Å². The summed E-state index contributed by atoms with van der Waals surface area (Å²) < 4.78 is 17.8. The van der Waals surface area contributed by atoms with Gasteiger partial charge in [-0.25, -0.2) is 14.4 Å². The van der Waals surface area contributed by atoms with Crippen molar-refractivity contribution in [3.63, 3.8) is 0 Å². The third-order valence-electron chi connectivity index (χ3n) is 1.23.